The number of carbonyl (C=O) groups excluding carboxylic acids is 1. The van der Waals surface area contributed by atoms with Crippen molar-refractivity contribution in [2.45, 2.75) is 37.6 Å². The van der Waals surface area contributed by atoms with Crippen LogP contribution in [0.15, 0.2) is 22.7 Å². The first-order valence-corrected chi connectivity index (χ1v) is 8.77. The second kappa shape index (κ2) is 6.27. The summed E-state index contributed by atoms with van der Waals surface area (Å²) in [6.45, 7) is 2.53. The van der Waals surface area contributed by atoms with Gasteiger partial charge in [0.15, 0.2) is 0 Å². The van der Waals surface area contributed by atoms with Crippen molar-refractivity contribution in [3.8, 4) is 0 Å². The van der Waals surface area contributed by atoms with E-state index in [1.54, 1.807) is 6.07 Å². The number of hydrogen-bond acceptors (Lipinski definition) is 2. The van der Waals surface area contributed by atoms with Gasteiger partial charge in [0.1, 0.15) is 0 Å². The van der Waals surface area contributed by atoms with Crippen molar-refractivity contribution in [3.05, 3.63) is 33.3 Å². The standard InChI is InChI=1S/C16H20BrClN2O/c17-12-4-5-14(18)13(10-12)15(21)20-9-8-19-11-16(20)6-2-1-3-7-16/h4-5,10,19H,1-3,6-9,11H2. The molecule has 3 rings (SSSR count). The molecule has 2 fully saturated rings. The normalized spacial score (nSPS) is 21.5. The fourth-order valence-corrected chi connectivity index (χ4v) is 4.18. The summed E-state index contributed by atoms with van der Waals surface area (Å²) in [6, 6.07) is 5.49. The van der Waals surface area contributed by atoms with Crippen LogP contribution >= 0.6 is 27.5 Å². The maximum absolute atomic E-state index is 13.0. The minimum atomic E-state index is -0.0147. The van der Waals surface area contributed by atoms with Gasteiger partial charge in [-0.3, -0.25) is 4.79 Å². The minimum absolute atomic E-state index is 0.0147. The van der Waals surface area contributed by atoms with Gasteiger partial charge in [-0.1, -0.05) is 46.8 Å². The molecule has 0 radical (unpaired) electrons. The Bertz CT molecular complexity index is 535. The SMILES string of the molecule is O=C(c1cc(Br)ccc1Cl)N1CCNCC12CCCCC2. The third-order valence-corrected chi connectivity index (χ3v) is 5.55. The van der Waals surface area contributed by atoms with E-state index in [0.29, 0.717) is 10.6 Å². The predicted octanol–water partition coefficient (Wildman–Crippen LogP) is 3.85. The summed E-state index contributed by atoms with van der Waals surface area (Å²) >= 11 is 9.69. The first-order valence-electron chi connectivity index (χ1n) is 7.60. The summed E-state index contributed by atoms with van der Waals surface area (Å²) in [5.74, 6) is 0.0738. The Morgan fingerprint density at radius 2 is 2.05 bits per heavy atom. The Labute approximate surface area is 139 Å². The molecule has 1 N–H and O–H groups in total. The van der Waals surface area contributed by atoms with Crippen molar-refractivity contribution in [2.75, 3.05) is 19.6 Å². The highest BCUT2D eigenvalue weighted by molar-refractivity contribution is 9.10. The van der Waals surface area contributed by atoms with E-state index < -0.39 is 0 Å². The van der Waals surface area contributed by atoms with Gasteiger partial charge < -0.3 is 10.2 Å². The van der Waals surface area contributed by atoms with E-state index in [-0.39, 0.29) is 11.4 Å². The van der Waals surface area contributed by atoms with Crippen LogP contribution in [0.5, 0.6) is 0 Å². The van der Waals surface area contributed by atoms with E-state index in [9.17, 15) is 4.79 Å². The smallest absolute Gasteiger partial charge is 0.255 e. The average molecular weight is 372 g/mol. The van der Waals surface area contributed by atoms with Gasteiger partial charge in [0.25, 0.3) is 5.91 Å². The van der Waals surface area contributed by atoms with Crippen molar-refractivity contribution in [1.29, 1.82) is 0 Å². The molecule has 5 heteroatoms. The molecule has 2 aliphatic rings. The van der Waals surface area contributed by atoms with Crippen LogP contribution in [0.3, 0.4) is 0 Å². The van der Waals surface area contributed by atoms with Gasteiger partial charge in [0.05, 0.1) is 16.1 Å². The van der Waals surface area contributed by atoms with Crippen LogP contribution in [0, 0.1) is 0 Å². The molecule has 1 heterocycles. The van der Waals surface area contributed by atoms with Gasteiger partial charge in [-0.2, -0.15) is 0 Å². The molecule has 1 amide bonds. The molecule has 1 aliphatic heterocycles. The van der Waals surface area contributed by atoms with Crippen molar-refractivity contribution < 1.29 is 4.79 Å². The molecule has 0 atom stereocenters. The third kappa shape index (κ3) is 2.99. The van der Waals surface area contributed by atoms with Crippen molar-refractivity contribution in [1.82, 2.24) is 10.2 Å². The number of hydrogen-bond donors (Lipinski definition) is 1. The number of rotatable bonds is 1. The van der Waals surface area contributed by atoms with E-state index >= 15 is 0 Å². The molecule has 1 aromatic carbocycles. The van der Waals surface area contributed by atoms with Crippen LogP contribution in [0.4, 0.5) is 0 Å². The summed E-state index contributed by atoms with van der Waals surface area (Å²) in [7, 11) is 0. The van der Waals surface area contributed by atoms with Crippen LogP contribution in [-0.4, -0.2) is 36.0 Å². The zero-order chi connectivity index (χ0) is 14.9. The van der Waals surface area contributed by atoms with Crippen molar-refractivity contribution in [2.24, 2.45) is 0 Å². The molecule has 1 aliphatic carbocycles. The predicted molar refractivity (Wildman–Crippen MR) is 88.9 cm³/mol. The summed E-state index contributed by atoms with van der Waals surface area (Å²) in [6.07, 6.45) is 5.88. The van der Waals surface area contributed by atoms with Crippen LogP contribution in [0.2, 0.25) is 5.02 Å². The molecule has 21 heavy (non-hydrogen) atoms. The number of nitrogens with one attached hydrogen (secondary N) is 1. The first-order chi connectivity index (χ1) is 10.1. The average Bonchev–Trinajstić information content (AvgIpc) is 2.50. The minimum Gasteiger partial charge on any atom is -0.330 e. The molecule has 0 unspecified atom stereocenters. The second-order valence-electron chi connectivity index (χ2n) is 6.04. The fourth-order valence-electron chi connectivity index (χ4n) is 3.62. The van der Waals surface area contributed by atoms with Crippen LogP contribution in [0.1, 0.15) is 42.5 Å². The molecule has 1 aromatic rings. The van der Waals surface area contributed by atoms with Crippen molar-refractivity contribution in [3.63, 3.8) is 0 Å². The Hall–Kier alpha value is -0.580. The summed E-state index contributed by atoms with van der Waals surface area (Å²) < 4.78 is 0.892. The molecule has 3 nitrogen and oxygen atoms in total. The monoisotopic (exact) mass is 370 g/mol. The molecule has 0 aromatic heterocycles. The van der Waals surface area contributed by atoms with Gasteiger partial charge in [-0.15, -0.1) is 0 Å². The number of carbonyl (C=O) groups is 1. The molecule has 1 saturated heterocycles. The topological polar surface area (TPSA) is 32.3 Å². The fraction of sp³-hybridized carbons (Fsp3) is 0.562. The number of amides is 1. The molecule has 0 bridgehead atoms. The lowest BCUT2D eigenvalue weighted by molar-refractivity contribution is 0.0223. The Morgan fingerprint density at radius 1 is 1.29 bits per heavy atom. The van der Waals surface area contributed by atoms with E-state index in [1.165, 1.54) is 19.3 Å². The van der Waals surface area contributed by atoms with E-state index in [0.717, 1.165) is 36.9 Å². The lowest BCUT2D eigenvalue weighted by atomic mass is 9.78. The molecular weight excluding hydrogens is 352 g/mol. The maximum atomic E-state index is 13.0. The van der Waals surface area contributed by atoms with Crippen LogP contribution in [0.25, 0.3) is 0 Å². The summed E-state index contributed by atoms with van der Waals surface area (Å²) in [5, 5.41) is 4.01. The zero-order valence-electron chi connectivity index (χ0n) is 12.0. The first kappa shape index (κ1) is 15.3. The summed E-state index contributed by atoms with van der Waals surface area (Å²) in [5.41, 5.74) is 0.595. The second-order valence-corrected chi connectivity index (χ2v) is 7.37. The molecular formula is C16H20BrClN2O. The van der Waals surface area contributed by atoms with Gasteiger partial charge >= 0.3 is 0 Å². The van der Waals surface area contributed by atoms with E-state index in [4.69, 9.17) is 11.6 Å². The summed E-state index contributed by atoms with van der Waals surface area (Å²) in [4.78, 5) is 15.1. The highest BCUT2D eigenvalue weighted by Crippen LogP contribution is 2.36. The molecule has 1 saturated carbocycles. The lowest BCUT2D eigenvalue weighted by Crippen LogP contribution is -2.63. The Morgan fingerprint density at radius 3 is 2.81 bits per heavy atom. The van der Waals surface area contributed by atoms with E-state index in [2.05, 4.69) is 26.1 Å². The number of halogens is 2. The quantitative estimate of drug-likeness (QED) is 0.813. The highest BCUT2D eigenvalue weighted by Gasteiger charge is 2.42. The van der Waals surface area contributed by atoms with Gasteiger partial charge in [-0.25, -0.2) is 0 Å². The third-order valence-electron chi connectivity index (χ3n) is 4.73. The highest BCUT2D eigenvalue weighted by atomic mass is 79.9. The van der Waals surface area contributed by atoms with E-state index in [1.807, 2.05) is 12.1 Å². The number of benzene rings is 1. The molecule has 1 spiro atoms. The molecule has 114 valence electrons. The lowest BCUT2D eigenvalue weighted by Gasteiger charge is -2.50. The van der Waals surface area contributed by atoms with Crippen LogP contribution < -0.4 is 5.32 Å². The Kier molecular flexibility index (Phi) is 4.57. The van der Waals surface area contributed by atoms with Gasteiger partial charge in [0, 0.05) is 24.1 Å². The van der Waals surface area contributed by atoms with Gasteiger partial charge in [-0.05, 0) is 31.0 Å². The van der Waals surface area contributed by atoms with Gasteiger partial charge in [0.2, 0.25) is 0 Å². The zero-order valence-corrected chi connectivity index (χ0v) is 14.3. The van der Waals surface area contributed by atoms with Crippen molar-refractivity contribution >= 4 is 33.4 Å². The number of nitrogens with zero attached hydrogens (tertiary/aromatic N) is 1. The Balaban J connectivity index is 1.92. The number of piperazine rings is 1. The maximum Gasteiger partial charge on any atom is 0.255 e. The van der Waals surface area contributed by atoms with Crippen LogP contribution in [-0.2, 0) is 0 Å². The largest absolute Gasteiger partial charge is 0.330 e.